The minimum atomic E-state index is -0.0258. The maximum atomic E-state index is 12.4. The minimum absolute atomic E-state index is 0.00631. The summed E-state index contributed by atoms with van der Waals surface area (Å²) in [6, 6.07) is 11.1. The molecule has 2 atom stereocenters. The molecule has 2 unspecified atom stereocenters. The van der Waals surface area contributed by atoms with Crippen LogP contribution in [-0.4, -0.2) is 33.9 Å². The van der Waals surface area contributed by atoms with Crippen molar-refractivity contribution in [3.8, 4) is 11.8 Å². The topological polar surface area (TPSA) is 46.1 Å². The van der Waals surface area contributed by atoms with Crippen LogP contribution in [0.5, 0.6) is 0 Å². The number of carbonyl (C=O) groups excluding carboxylic acids is 1. The highest BCUT2D eigenvalue weighted by Gasteiger charge is 2.60. The SMILES string of the molecule is O=C(c1ccccn1)N1CC2CC2(C#Cc2ccccn2)C1. The van der Waals surface area contributed by atoms with Crippen LogP contribution in [0, 0.1) is 23.2 Å². The second-order valence-corrected chi connectivity index (χ2v) is 5.92. The van der Waals surface area contributed by atoms with Crippen molar-refractivity contribution in [1.82, 2.24) is 14.9 Å². The summed E-state index contributed by atoms with van der Waals surface area (Å²) in [6.45, 7) is 1.49. The second kappa shape index (κ2) is 4.96. The van der Waals surface area contributed by atoms with Crippen LogP contribution >= 0.6 is 0 Å². The monoisotopic (exact) mass is 289 g/mol. The molecule has 0 N–H and O–H groups in total. The van der Waals surface area contributed by atoms with Crippen molar-refractivity contribution >= 4 is 5.91 Å². The van der Waals surface area contributed by atoms with Crippen LogP contribution in [0.15, 0.2) is 48.8 Å². The molecule has 0 radical (unpaired) electrons. The van der Waals surface area contributed by atoms with E-state index in [0.717, 1.165) is 18.7 Å². The molecule has 1 saturated carbocycles. The molecule has 2 aromatic heterocycles. The maximum absolute atomic E-state index is 12.4. The molecule has 4 nitrogen and oxygen atoms in total. The van der Waals surface area contributed by atoms with Crippen LogP contribution in [0.2, 0.25) is 0 Å². The smallest absolute Gasteiger partial charge is 0.272 e. The van der Waals surface area contributed by atoms with Crippen molar-refractivity contribution in [1.29, 1.82) is 0 Å². The lowest BCUT2D eigenvalue weighted by atomic mass is 10.1. The van der Waals surface area contributed by atoms with Gasteiger partial charge in [0.05, 0.1) is 5.41 Å². The number of piperidine rings is 1. The van der Waals surface area contributed by atoms with Crippen molar-refractivity contribution in [3.63, 3.8) is 0 Å². The Bertz CT molecular complexity index is 763. The summed E-state index contributed by atoms with van der Waals surface area (Å²) < 4.78 is 0. The number of amides is 1. The first-order valence-corrected chi connectivity index (χ1v) is 7.41. The minimum Gasteiger partial charge on any atom is -0.335 e. The Morgan fingerprint density at radius 1 is 1.18 bits per heavy atom. The number of likely N-dealkylation sites (tertiary alicyclic amines) is 1. The second-order valence-electron chi connectivity index (χ2n) is 5.92. The van der Waals surface area contributed by atoms with Crippen molar-refractivity contribution in [2.75, 3.05) is 13.1 Å². The molecule has 1 aliphatic heterocycles. The standard InChI is InChI=1S/C18H15N3O/c22-17(16-6-2-4-10-20-16)21-12-14-11-18(14,13-21)8-7-15-5-1-3-9-19-15/h1-6,9-10,14H,11-13H2. The van der Waals surface area contributed by atoms with Crippen LogP contribution in [0.25, 0.3) is 0 Å². The predicted octanol–water partition coefficient (Wildman–Crippen LogP) is 1.99. The van der Waals surface area contributed by atoms with E-state index in [1.807, 2.05) is 35.2 Å². The summed E-state index contributed by atoms with van der Waals surface area (Å²) >= 11 is 0. The lowest BCUT2D eigenvalue weighted by Gasteiger charge is -2.18. The molecule has 0 aromatic carbocycles. The van der Waals surface area contributed by atoms with Gasteiger partial charge in [0, 0.05) is 25.5 Å². The average molecular weight is 289 g/mol. The van der Waals surface area contributed by atoms with Crippen LogP contribution in [0.1, 0.15) is 22.6 Å². The number of pyridine rings is 2. The number of rotatable bonds is 1. The highest BCUT2D eigenvalue weighted by molar-refractivity contribution is 5.92. The molecule has 22 heavy (non-hydrogen) atoms. The summed E-state index contributed by atoms with van der Waals surface area (Å²) in [7, 11) is 0. The van der Waals surface area contributed by atoms with E-state index in [0.29, 0.717) is 18.2 Å². The summed E-state index contributed by atoms with van der Waals surface area (Å²) in [4.78, 5) is 22.7. The number of hydrogen-bond acceptors (Lipinski definition) is 3. The van der Waals surface area contributed by atoms with Gasteiger partial charge in [0.2, 0.25) is 0 Å². The van der Waals surface area contributed by atoms with Crippen molar-refractivity contribution in [3.05, 3.63) is 60.2 Å². The summed E-state index contributed by atoms with van der Waals surface area (Å²) in [5.74, 6) is 7.01. The average Bonchev–Trinajstić information content (AvgIpc) is 3.14. The van der Waals surface area contributed by atoms with E-state index in [-0.39, 0.29) is 11.3 Å². The Morgan fingerprint density at radius 2 is 2.00 bits per heavy atom. The van der Waals surface area contributed by atoms with Crippen LogP contribution in [-0.2, 0) is 0 Å². The molecule has 4 heteroatoms. The fourth-order valence-electron chi connectivity index (χ4n) is 3.11. The largest absolute Gasteiger partial charge is 0.335 e. The zero-order chi connectivity index (χ0) is 15.0. The number of hydrogen-bond donors (Lipinski definition) is 0. The summed E-state index contributed by atoms with van der Waals surface area (Å²) in [5.41, 5.74) is 1.27. The van der Waals surface area contributed by atoms with Gasteiger partial charge in [-0.3, -0.25) is 9.78 Å². The van der Waals surface area contributed by atoms with E-state index < -0.39 is 0 Å². The van der Waals surface area contributed by atoms with Gasteiger partial charge in [-0.1, -0.05) is 18.1 Å². The van der Waals surface area contributed by atoms with E-state index in [1.54, 1.807) is 18.5 Å². The van der Waals surface area contributed by atoms with E-state index >= 15 is 0 Å². The Balaban J connectivity index is 1.50. The molecule has 1 saturated heterocycles. The first-order valence-electron chi connectivity index (χ1n) is 7.41. The molecule has 3 heterocycles. The Morgan fingerprint density at radius 3 is 2.73 bits per heavy atom. The van der Waals surface area contributed by atoms with Crippen LogP contribution in [0.4, 0.5) is 0 Å². The fraction of sp³-hybridized carbons (Fsp3) is 0.278. The van der Waals surface area contributed by atoms with Crippen LogP contribution < -0.4 is 0 Å². The molecule has 108 valence electrons. The van der Waals surface area contributed by atoms with E-state index in [2.05, 4.69) is 21.8 Å². The molecule has 2 fully saturated rings. The Hall–Kier alpha value is -2.67. The zero-order valence-corrected chi connectivity index (χ0v) is 12.1. The number of fused-ring (bicyclic) bond motifs is 1. The third kappa shape index (κ3) is 2.25. The Labute approximate surface area is 129 Å². The molecule has 2 aliphatic rings. The van der Waals surface area contributed by atoms with Gasteiger partial charge in [-0.2, -0.15) is 0 Å². The molecule has 1 aliphatic carbocycles. The molecule has 1 amide bonds. The lowest BCUT2D eigenvalue weighted by Crippen LogP contribution is -2.32. The van der Waals surface area contributed by atoms with Gasteiger partial charge in [0.25, 0.3) is 5.91 Å². The van der Waals surface area contributed by atoms with Crippen molar-refractivity contribution in [2.45, 2.75) is 6.42 Å². The van der Waals surface area contributed by atoms with E-state index in [4.69, 9.17) is 0 Å². The highest BCUT2D eigenvalue weighted by atomic mass is 16.2. The number of aromatic nitrogens is 2. The number of carbonyl (C=O) groups is 1. The molecule has 4 rings (SSSR count). The van der Waals surface area contributed by atoms with Gasteiger partial charge in [-0.15, -0.1) is 0 Å². The maximum Gasteiger partial charge on any atom is 0.272 e. The summed E-state index contributed by atoms with van der Waals surface area (Å²) in [5, 5.41) is 0. The molecule has 0 spiro atoms. The first kappa shape index (κ1) is 13.0. The molecule has 2 aromatic rings. The van der Waals surface area contributed by atoms with E-state index in [1.165, 1.54) is 0 Å². The predicted molar refractivity (Wildman–Crippen MR) is 81.8 cm³/mol. The number of nitrogens with zero attached hydrogens (tertiary/aromatic N) is 3. The van der Waals surface area contributed by atoms with Crippen LogP contribution in [0.3, 0.4) is 0 Å². The summed E-state index contributed by atoms with van der Waals surface area (Å²) in [6.07, 6.45) is 4.48. The van der Waals surface area contributed by atoms with Gasteiger partial charge >= 0.3 is 0 Å². The van der Waals surface area contributed by atoms with Gasteiger partial charge < -0.3 is 4.90 Å². The first-order chi connectivity index (χ1) is 10.8. The lowest BCUT2D eigenvalue weighted by molar-refractivity contribution is 0.0765. The third-order valence-corrected chi connectivity index (χ3v) is 4.42. The normalized spacial score (nSPS) is 25.1. The molecular weight excluding hydrogens is 274 g/mol. The van der Waals surface area contributed by atoms with Gasteiger partial charge in [-0.05, 0) is 42.5 Å². The van der Waals surface area contributed by atoms with Crippen molar-refractivity contribution < 1.29 is 4.79 Å². The highest BCUT2D eigenvalue weighted by Crippen LogP contribution is 2.57. The molecule has 0 bridgehead atoms. The Kier molecular flexibility index (Phi) is 2.93. The van der Waals surface area contributed by atoms with Gasteiger partial charge in [0.15, 0.2) is 0 Å². The molecular formula is C18H15N3O. The van der Waals surface area contributed by atoms with E-state index in [9.17, 15) is 4.79 Å². The quantitative estimate of drug-likeness (QED) is 0.754. The fourth-order valence-corrected chi connectivity index (χ4v) is 3.11. The van der Waals surface area contributed by atoms with Gasteiger partial charge in [0.1, 0.15) is 11.4 Å². The zero-order valence-electron chi connectivity index (χ0n) is 12.1. The third-order valence-electron chi connectivity index (χ3n) is 4.42. The van der Waals surface area contributed by atoms with Gasteiger partial charge in [-0.25, -0.2) is 4.98 Å². The van der Waals surface area contributed by atoms with Crippen molar-refractivity contribution in [2.24, 2.45) is 11.3 Å².